The fourth-order valence-corrected chi connectivity index (χ4v) is 4.38. The molecule has 35 heavy (non-hydrogen) atoms. The van der Waals surface area contributed by atoms with Crippen LogP contribution in [0.25, 0.3) is 11.0 Å². The molecule has 0 saturated carbocycles. The highest BCUT2D eigenvalue weighted by molar-refractivity contribution is 5.96. The molecule has 0 aliphatic carbocycles. The van der Waals surface area contributed by atoms with Crippen molar-refractivity contribution in [1.29, 1.82) is 0 Å². The molecule has 1 aliphatic heterocycles. The minimum absolute atomic E-state index is 0.0928. The molecule has 1 amide bonds. The van der Waals surface area contributed by atoms with Crippen molar-refractivity contribution in [2.75, 3.05) is 39.3 Å². The molecule has 3 aromatic carbocycles. The number of rotatable bonds is 7. The molecule has 1 aliphatic rings. The Morgan fingerprint density at radius 3 is 2.06 bits per heavy atom. The molecule has 0 atom stereocenters. The summed E-state index contributed by atoms with van der Waals surface area (Å²) in [4.78, 5) is 16.9. The van der Waals surface area contributed by atoms with Gasteiger partial charge in [0.1, 0.15) is 23.3 Å². The monoisotopic (exact) mass is 476 g/mol. The van der Waals surface area contributed by atoms with E-state index in [2.05, 4.69) is 4.90 Å². The van der Waals surface area contributed by atoms with Gasteiger partial charge in [-0.3, -0.25) is 9.69 Å². The Morgan fingerprint density at radius 1 is 0.857 bits per heavy atom. The van der Waals surface area contributed by atoms with Gasteiger partial charge in [0.2, 0.25) is 0 Å². The fourth-order valence-electron chi connectivity index (χ4n) is 4.38. The first-order valence-corrected chi connectivity index (χ1v) is 11.7. The average molecular weight is 477 g/mol. The molecular formula is C28H26F2N2O3. The number of benzene rings is 3. The lowest BCUT2D eigenvalue weighted by Crippen LogP contribution is -2.49. The predicted octanol–water partition coefficient (Wildman–Crippen LogP) is 5.28. The summed E-state index contributed by atoms with van der Waals surface area (Å²) in [6.07, 6.45) is -0.424. The topological polar surface area (TPSA) is 45.9 Å². The molecule has 0 unspecified atom stereocenters. The lowest BCUT2D eigenvalue weighted by atomic mass is 10.0. The van der Waals surface area contributed by atoms with Gasteiger partial charge in [-0.2, -0.15) is 0 Å². The molecule has 4 aromatic rings. The Morgan fingerprint density at radius 2 is 1.46 bits per heavy atom. The molecule has 0 spiro atoms. The van der Waals surface area contributed by atoms with Crippen molar-refractivity contribution < 1.29 is 22.7 Å². The zero-order valence-corrected chi connectivity index (χ0v) is 19.2. The molecule has 7 heteroatoms. The first-order chi connectivity index (χ1) is 17.1. The maximum Gasteiger partial charge on any atom is 0.289 e. The van der Waals surface area contributed by atoms with E-state index in [1.807, 2.05) is 29.2 Å². The van der Waals surface area contributed by atoms with E-state index < -0.39 is 6.10 Å². The van der Waals surface area contributed by atoms with Crippen molar-refractivity contribution in [1.82, 2.24) is 9.80 Å². The van der Waals surface area contributed by atoms with Gasteiger partial charge in [-0.05, 0) is 47.5 Å². The van der Waals surface area contributed by atoms with Crippen LogP contribution in [0.3, 0.4) is 0 Å². The van der Waals surface area contributed by atoms with E-state index >= 15 is 0 Å². The second-order valence-electron chi connectivity index (χ2n) is 8.64. The second-order valence-corrected chi connectivity index (χ2v) is 8.64. The highest BCUT2D eigenvalue weighted by Gasteiger charge is 2.25. The van der Waals surface area contributed by atoms with E-state index in [1.165, 1.54) is 24.3 Å². The van der Waals surface area contributed by atoms with Gasteiger partial charge in [-0.25, -0.2) is 8.78 Å². The van der Waals surface area contributed by atoms with Gasteiger partial charge >= 0.3 is 0 Å². The Kier molecular flexibility index (Phi) is 6.88. The molecule has 180 valence electrons. The van der Waals surface area contributed by atoms with E-state index in [-0.39, 0.29) is 17.5 Å². The van der Waals surface area contributed by atoms with Gasteiger partial charge in [0, 0.05) is 38.1 Å². The molecule has 1 aromatic heterocycles. The van der Waals surface area contributed by atoms with Crippen LogP contribution in [0.1, 0.15) is 27.8 Å². The largest absolute Gasteiger partial charge is 0.451 e. The molecule has 1 saturated heterocycles. The van der Waals surface area contributed by atoms with Crippen LogP contribution in [0.2, 0.25) is 0 Å². The van der Waals surface area contributed by atoms with Crippen LogP contribution < -0.4 is 0 Å². The standard InChI is InChI=1S/C28H26F2N2O3/c29-23-9-5-20(6-10-23)27(21-7-11-24(30)12-8-21)34-18-17-31-13-15-32(16-14-31)28(33)26-19-22-3-1-2-4-25(22)35-26/h1-12,19,27H,13-18H2. The first-order valence-electron chi connectivity index (χ1n) is 11.7. The maximum atomic E-state index is 13.4. The van der Waals surface area contributed by atoms with Gasteiger partial charge in [0.25, 0.3) is 5.91 Å². The van der Waals surface area contributed by atoms with Crippen LogP contribution in [0.5, 0.6) is 0 Å². The summed E-state index contributed by atoms with van der Waals surface area (Å²) in [5, 5.41) is 0.920. The smallest absolute Gasteiger partial charge is 0.289 e. The van der Waals surface area contributed by atoms with E-state index in [4.69, 9.17) is 9.15 Å². The normalized spacial score (nSPS) is 14.7. The van der Waals surface area contributed by atoms with Crippen molar-refractivity contribution >= 4 is 16.9 Å². The van der Waals surface area contributed by atoms with Gasteiger partial charge in [-0.15, -0.1) is 0 Å². The summed E-state index contributed by atoms with van der Waals surface area (Å²) < 4.78 is 38.8. The van der Waals surface area contributed by atoms with Crippen LogP contribution in [-0.2, 0) is 4.74 Å². The van der Waals surface area contributed by atoms with Gasteiger partial charge in [0.15, 0.2) is 5.76 Å². The lowest BCUT2D eigenvalue weighted by Gasteiger charge is -2.34. The summed E-state index contributed by atoms with van der Waals surface area (Å²) in [6, 6.07) is 21.7. The average Bonchev–Trinajstić information content (AvgIpc) is 3.32. The third kappa shape index (κ3) is 5.42. The summed E-state index contributed by atoms with van der Waals surface area (Å²) in [5.74, 6) is -0.363. The molecule has 2 heterocycles. The molecular weight excluding hydrogens is 450 g/mol. The third-order valence-electron chi connectivity index (χ3n) is 6.33. The number of carbonyl (C=O) groups excluding carboxylic acids is 1. The van der Waals surface area contributed by atoms with E-state index in [9.17, 15) is 13.6 Å². The van der Waals surface area contributed by atoms with Crippen molar-refractivity contribution in [2.45, 2.75) is 6.10 Å². The molecule has 0 N–H and O–H groups in total. The summed E-state index contributed by atoms with van der Waals surface area (Å²) in [7, 11) is 0. The van der Waals surface area contributed by atoms with Crippen LogP contribution in [-0.4, -0.2) is 55.0 Å². The third-order valence-corrected chi connectivity index (χ3v) is 6.33. The summed E-state index contributed by atoms with van der Waals surface area (Å²) >= 11 is 0. The molecule has 0 radical (unpaired) electrons. The number of fused-ring (bicyclic) bond motifs is 1. The number of hydrogen-bond acceptors (Lipinski definition) is 4. The van der Waals surface area contributed by atoms with Gasteiger partial charge in [-0.1, -0.05) is 42.5 Å². The Balaban J connectivity index is 1.16. The highest BCUT2D eigenvalue weighted by atomic mass is 19.1. The number of nitrogens with zero attached hydrogens (tertiary/aromatic N) is 2. The number of hydrogen-bond donors (Lipinski definition) is 0. The molecule has 1 fully saturated rings. The number of amides is 1. The fraction of sp³-hybridized carbons (Fsp3) is 0.250. The molecule has 5 nitrogen and oxygen atoms in total. The SMILES string of the molecule is O=C(c1cc2ccccc2o1)N1CCN(CCOC(c2ccc(F)cc2)c2ccc(F)cc2)CC1. The Bertz CT molecular complexity index is 1200. The van der Waals surface area contributed by atoms with Crippen LogP contribution in [0, 0.1) is 11.6 Å². The van der Waals surface area contributed by atoms with Crippen LogP contribution >= 0.6 is 0 Å². The van der Waals surface area contributed by atoms with Gasteiger partial charge < -0.3 is 14.1 Å². The van der Waals surface area contributed by atoms with Gasteiger partial charge in [0.05, 0.1) is 6.61 Å². The molecule has 5 rings (SSSR count). The van der Waals surface area contributed by atoms with E-state index in [0.717, 1.165) is 29.6 Å². The van der Waals surface area contributed by atoms with Crippen LogP contribution in [0.15, 0.2) is 83.3 Å². The lowest BCUT2D eigenvalue weighted by molar-refractivity contribution is 0.0397. The number of piperazine rings is 1. The first kappa shape index (κ1) is 23.2. The quantitative estimate of drug-likeness (QED) is 0.364. The maximum absolute atomic E-state index is 13.4. The molecule has 0 bridgehead atoms. The van der Waals surface area contributed by atoms with Crippen molar-refractivity contribution in [2.24, 2.45) is 0 Å². The van der Waals surface area contributed by atoms with Crippen LogP contribution in [0.4, 0.5) is 8.78 Å². The van der Waals surface area contributed by atoms with Crippen molar-refractivity contribution in [3.63, 3.8) is 0 Å². The number of furan rings is 1. The predicted molar refractivity (Wildman–Crippen MR) is 129 cm³/mol. The number of halogens is 2. The second kappa shape index (κ2) is 10.4. The number of ether oxygens (including phenoxy) is 1. The van der Waals surface area contributed by atoms with Crippen molar-refractivity contribution in [3.8, 4) is 0 Å². The number of carbonyl (C=O) groups is 1. The highest BCUT2D eigenvalue weighted by Crippen LogP contribution is 2.27. The van der Waals surface area contributed by atoms with Crippen molar-refractivity contribution in [3.05, 3.63) is 107 Å². The zero-order valence-electron chi connectivity index (χ0n) is 19.2. The minimum Gasteiger partial charge on any atom is -0.451 e. The summed E-state index contributed by atoms with van der Waals surface area (Å²) in [5.41, 5.74) is 2.32. The zero-order chi connectivity index (χ0) is 24.2. The summed E-state index contributed by atoms with van der Waals surface area (Å²) in [6.45, 7) is 3.80. The van der Waals surface area contributed by atoms with E-state index in [1.54, 1.807) is 30.3 Å². The van der Waals surface area contributed by atoms with E-state index in [0.29, 0.717) is 37.6 Å². The number of para-hydroxylation sites is 1. The Hall–Kier alpha value is -3.55. The Labute approximate surface area is 202 Å². The minimum atomic E-state index is -0.424.